The van der Waals surface area contributed by atoms with Crippen LogP contribution in [0.2, 0.25) is 0 Å². The fourth-order valence-corrected chi connectivity index (χ4v) is 3.78. The topological polar surface area (TPSA) is 77.7 Å². The number of hydrogen-bond acceptors (Lipinski definition) is 5. The van der Waals surface area contributed by atoms with Crippen LogP contribution in [0.15, 0.2) is 54.6 Å². The number of methoxy groups -OCH3 is 1. The number of rotatable bonds is 5. The van der Waals surface area contributed by atoms with Crippen LogP contribution in [0, 0.1) is 0 Å². The molecule has 6 nitrogen and oxygen atoms in total. The molecule has 0 atom stereocenters. The Morgan fingerprint density at radius 3 is 2.52 bits per heavy atom. The van der Waals surface area contributed by atoms with Crippen molar-refractivity contribution in [2.45, 2.75) is 18.8 Å². The Morgan fingerprint density at radius 1 is 1.10 bits per heavy atom. The number of ether oxygens (including phenoxy) is 2. The van der Waals surface area contributed by atoms with Crippen molar-refractivity contribution in [2.75, 3.05) is 32.5 Å². The number of nitrogens with two attached hydrogens (primary N) is 1. The summed E-state index contributed by atoms with van der Waals surface area (Å²) in [4.78, 5) is 19.2. The summed E-state index contributed by atoms with van der Waals surface area (Å²) in [6, 6.07) is 17.2. The molecule has 29 heavy (non-hydrogen) atoms. The molecule has 1 amide bonds. The number of carbonyl (C=O) groups excluding carboxylic acids is 1. The molecule has 0 radical (unpaired) electrons. The van der Waals surface area contributed by atoms with E-state index in [2.05, 4.69) is 0 Å². The zero-order valence-corrected chi connectivity index (χ0v) is 16.5. The highest BCUT2D eigenvalue weighted by molar-refractivity contribution is 5.82. The fourth-order valence-electron chi connectivity index (χ4n) is 3.78. The molecular formula is C23H25N3O3. The number of para-hydroxylation sites is 1. The number of carbonyl (C=O) groups is 1. The molecule has 1 saturated heterocycles. The number of fused-ring (bicyclic) bond motifs is 1. The van der Waals surface area contributed by atoms with Crippen LogP contribution < -0.4 is 15.2 Å². The average molecular weight is 391 g/mol. The van der Waals surface area contributed by atoms with Gasteiger partial charge in [0.15, 0.2) is 6.61 Å². The minimum absolute atomic E-state index is 0.00119. The van der Waals surface area contributed by atoms with Gasteiger partial charge in [0.05, 0.1) is 24.0 Å². The van der Waals surface area contributed by atoms with Crippen molar-refractivity contribution in [2.24, 2.45) is 0 Å². The van der Waals surface area contributed by atoms with Crippen LogP contribution in [0.25, 0.3) is 10.9 Å². The summed E-state index contributed by atoms with van der Waals surface area (Å²) in [5.74, 6) is 1.68. The highest BCUT2D eigenvalue weighted by Crippen LogP contribution is 2.32. The van der Waals surface area contributed by atoms with E-state index in [-0.39, 0.29) is 18.4 Å². The van der Waals surface area contributed by atoms with E-state index in [9.17, 15) is 4.79 Å². The number of benzene rings is 2. The van der Waals surface area contributed by atoms with Gasteiger partial charge in [0.1, 0.15) is 11.5 Å². The number of amides is 1. The second-order valence-corrected chi connectivity index (χ2v) is 7.27. The van der Waals surface area contributed by atoms with Crippen LogP contribution in [0.5, 0.6) is 11.5 Å². The minimum Gasteiger partial charge on any atom is -0.497 e. The molecule has 1 aliphatic heterocycles. The number of nitrogen functional groups attached to an aromatic ring is 1. The van der Waals surface area contributed by atoms with Crippen LogP contribution >= 0.6 is 0 Å². The van der Waals surface area contributed by atoms with Gasteiger partial charge in [0.2, 0.25) is 0 Å². The highest BCUT2D eigenvalue weighted by Gasteiger charge is 2.26. The summed E-state index contributed by atoms with van der Waals surface area (Å²) < 4.78 is 10.7. The molecule has 1 aromatic heterocycles. The molecule has 4 rings (SSSR count). The Kier molecular flexibility index (Phi) is 5.51. The maximum atomic E-state index is 12.5. The normalized spacial score (nSPS) is 14.7. The molecule has 1 aliphatic rings. The molecule has 0 spiro atoms. The first-order chi connectivity index (χ1) is 14.1. The summed E-state index contributed by atoms with van der Waals surface area (Å²) in [6.07, 6.45) is 1.70. The third kappa shape index (κ3) is 4.26. The minimum atomic E-state index is -0.00119. The fraction of sp³-hybridized carbons (Fsp3) is 0.304. The SMILES string of the molecule is COc1ccc(OCC(=O)N2CCC(c3nc4ccccc4cc3N)CC2)cc1. The van der Waals surface area contributed by atoms with E-state index in [1.165, 1.54) is 0 Å². The van der Waals surface area contributed by atoms with Crippen molar-refractivity contribution in [3.8, 4) is 11.5 Å². The molecule has 1 fully saturated rings. The Labute approximate surface area is 170 Å². The number of likely N-dealkylation sites (tertiary alicyclic amines) is 1. The molecule has 2 N–H and O–H groups in total. The number of aromatic nitrogens is 1. The van der Waals surface area contributed by atoms with Crippen LogP contribution in [-0.4, -0.2) is 42.6 Å². The van der Waals surface area contributed by atoms with Crippen molar-refractivity contribution >= 4 is 22.5 Å². The lowest BCUT2D eigenvalue weighted by Gasteiger charge is -2.32. The van der Waals surface area contributed by atoms with E-state index in [1.807, 2.05) is 47.4 Å². The second kappa shape index (κ2) is 8.39. The quantitative estimate of drug-likeness (QED) is 0.719. The lowest BCUT2D eigenvalue weighted by atomic mass is 9.91. The maximum absolute atomic E-state index is 12.5. The molecule has 150 valence electrons. The van der Waals surface area contributed by atoms with Crippen LogP contribution in [0.3, 0.4) is 0 Å². The van der Waals surface area contributed by atoms with E-state index < -0.39 is 0 Å². The van der Waals surface area contributed by atoms with Crippen LogP contribution in [-0.2, 0) is 4.79 Å². The zero-order chi connectivity index (χ0) is 20.2. The number of nitrogens with zero attached hydrogens (tertiary/aromatic N) is 2. The molecular weight excluding hydrogens is 366 g/mol. The monoisotopic (exact) mass is 391 g/mol. The van der Waals surface area contributed by atoms with E-state index in [0.29, 0.717) is 18.8 Å². The Bertz CT molecular complexity index is 996. The summed E-state index contributed by atoms with van der Waals surface area (Å²) >= 11 is 0. The van der Waals surface area contributed by atoms with E-state index >= 15 is 0 Å². The van der Waals surface area contributed by atoms with Crippen LogP contribution in [0.1, 0.15) is 24.5 Å². The van der Waals surface area contributed by atoms with Gasteiger partial charge in [-0.3, -0.25) is 9.78 Å². The zero-order valence-electron chi connectivity index (χ0n) is 16.5. The van der Waals surface area contributed by atoms with Gasteiger partial charge < -0.3 is 20.1 Å². The molecule has 0 unspecified atom stereocenters. The maximum Gasteiger partial charge on any atom is 0.260 e. The van der Waals surface area contributed by atoms with Gasteiger partial charge in [-0.15, -0.1) is 0 Å². The van der Waals surface area contributed by atoms with Gasteiger partial charge >= 0.3 is 0 Å². The van der Waals surface area contributed by atoms with Gasteiger partial charge in [-0.05, 0) is 49.2 Å². The number of anilines is 1. The van der Waals surface area contributed by atoms with E-state index in [0.717, 1.165) is 40.9 Å². The predicted octanol–water partition coefficient (Wildman–Crippen LogP) is 3.61. The first-order valence-corrected chi connectivity index (χ1v) is 9.84. The summed E-state index contributed by atoms with van der Waals surface area (Å²) in [5.41, 5.74) is 8.92. The van der Waals surface area contributed by atoms with E-state index in [4.69, 9.17) is 20.2 Å². The van der Waals surface area contributed by atoms with Gasteiger partial charge in [-0.1, -0.05) is 18.2 Å². The Hall–Kier alpha value is -3.28. The standard InChI is InChI=1S/C23H25N3O3/c1-28-18-6-8-19(9-7-18)29-15-22(27)26-12-10-16(11-13-26)23-20(24)14-17-4-2-3-5-21(17)25-23/h2-9,14,16H,10-13,15,24H2,1H3. The highest BCUT2D eigenvalue weighted by atomic mass is 16.5. The van der Waals surface area contributed by atoms with Gasteiger partial charge in [0, 0.05) is 24.4 Å². The molecule has 2 heterocycles. The molecule has 2 aromatic carbocycles. The van der Waals surface area contributed by atoms with Crippen LogP contribution in [0.4, 0.5) is 5.69 Å². The van der Waals surface area contributed by atoms with Gasteiger partial charge in [0.25, 0.3) is 5.91 Å². The van der Waals surface area contributed by atoms with Crippen molar-refractivity contribution in [3.63, 3.8) is 0 Å². The van der Waals surface area contributed by atoms with Crippen molar-refractivity contribution < 1.29 is 14.3 Å². The van der Waals surface area contributed by atoms with E-state index in [1.54, 1.807) is 19.2 Å². The molecule has 3 aromatic rings. The van der Waals surface area contributed by atoms with Crippen molar-refractivity contribution in [1.29, 1.82) is 0 Å². The van der Waals surface area contributed by atoms with Gasteiger partial charge in [-0.25, -0.2) is 0 Å². The number of piperidine rings is 1. The second-order valence-electron chi connectivity index (χ2n) is 7.27. The molecule has 6 heteroatoms. The summed E-state index contributed by atoms with van der Waals surface area (Å²) in [5, 5.41) is 1.05. The number of pyridine rings is 1. The Morgan fingerprint density at radius 2 is 1.79 bits per heavy atom. The summed E-state index contributed by atoms with van der Waals surface area (Å²) in [7, 11) is 1.62. The number of hydrogen-bond donors (Lipinski definition) is 1. The first-order valence-electron chi connectivity index (χ1n) is 9.84. The van der Waals surface area contributed by atoms with Crippen molar-refractivity contribution in [1.82, 2.24) is 9.88 Å². The first kappa shape index (κ1) is 19.1. The lowest BCUT2D eigenvalue weighted by molar-refractivity contribution is -0.134. The van der Waals surface area contributed by atoms with Crippen molar-refractivity contribution in [3.05, 3.63) is 60.3 Å². The van der Waals surface area contributed by atoms with Gasteiger partial charge in [-0.2, -0.15) is 0 Å². The smallest absolute Gasteiger partial charge is 0.260 e. The summed E-state index contributed by atoms with van der Waals surface area (Å²) in [6.45, 7) is 1.40. The molecule has 0 saturated carbocycles. The third-order valence-corrected chi connectivity index (χ3v) is 5.44. The molecule has 0 bridgehead atoms. The lowest BCUT2D eigenvalue weighted by Crippen LogP contribution is -2.40. The average Bonchev–Trinajstić information content (AvgIpc) is 2.77. The third-order valence-electron chi connectivity index (χ3n) is 5.44. The molecule has 0 aliphatic carbocycles. The predicted molar refractivity (Wildman–Crippen MR) is 113 cm³/mol. The Balaban J connectivity index is 1.34. The largest absolute Gasteiger partial charge is 0.497 e.